The standard InChI is InChI=1S/C34H58O6Si/c1-26(2)41(27(3)4,28(5)6)40-34(30(8)14-12-11-13-21-35)20-15-29(7)32(24-39-25-36-9)23-38-22-31-16-18-33(37-10)19-17-31/h11-14,16-19,26-28,30,34-35H,15,20-25H2,1-10H3/b13-11+,14-12+,32-29-/t30-,34-/m0/s1. The molecule has 1 N–H and O–H groups in total. The molecule has 0 unspecified atom stereocenters. The molecule has 0 aliphatic carbocycles. The summed E-state index contributed by atoms with van der Waals surface area (Å²) in [5.74, 6) is 1.07. The van der Waals surface area contributed by atoms with E-state index in [9.17, 15) is 0 Å². The Morgan fingerprint density at radius 3 is 2.02 bits per heavy atom. The molecule has 1 aromatic carbocycles. The van der Waals surface area contributed by atoms with E-state index in [0.29, 0.717) is 36.4 Å². The lowest BCUT2D eigenvalue weighted by Crippen LogP contribution is -2.51. The Morgan fingerprint density at radius 1 is 0.878 bits per heavy atom. The zero-order valence-electron chi connectivity index (χ0n) is 27.4. The first-order valence-electron chi connectivity index (χ1n) is 15.1. The number of hydrogen-bond acceptors (Lipinski definition) is 6. The van der Waals surface area contributed by atoms with Crippen molar-refractivity contribution >= 4 is 8.32 Å². The fourth-order valence-corrected chi connectivity index (χ4v) is 11.4. The molecular weight excluding hydrogens is 532 g/mol. The quantitative estimate of drug-likeness (QED) is 0.0511. The normalized spacial score (nSPS) is 15.0. The van der Waals surface area contributed by atoms with Gasteiger partial charge >= 0.3 is 0 Å². The number of hydrogen-bond donors (Lipinski definition) is 1. The van der Waals surface area contributed by atoms with E-state index >= 15 is 0 Å². The van der Waals surface area contributed by atoms with Crippen molar-refractivity contribution in [1.29, 1.82) is 0 Å². The van der Waals surface area contributed by atoms with Crippen molar-refractivity contribution in [3.63, 3.8) is 0 Å². The Balaban J connectivity index is 3.16. The molecule has 0 bridgehead atoms. The molecule has 1 rings (SSSR count). The Bertz CT molecular complexity index is 898. The molecule has 0 saturated heterocycles. The third-order valence-electron chi connectivity index (χ3n) is 8.01. The Morgan fingerprint density at radius 2 is 1.49 bits per heavy atom. The summed E-state index contributed by atoms with van der Waals surface area (Å²) in [5.41, 5.74) is 5.04. The van der Waals surface area contributed by atoms with Gasteiger partial charge in [0.15, 0.2) is 0 Å². The lowest BCUT2D eigenvalue weighted by molar-refractivity contribution is -0.0248. The van der Waals surface area contributed by atoms with E-state index in [1.165, 1.54) is 5.57 Å². The molecule has 0 aromatic heterocycles. The van der Waals surface area contributed by atoms with Crippen molar-refractivity contribution in [1.82, 2.24) is 0 Å². The highest BCUT2D eigenvalue weighted by molar-refractivity contribution is 6.77. The van der Waals surface area contributed by atoms with E-state index in [2.05, 4.69) is 61.5 Å². The molecule has 41 heavy (non-hydrogen) atoms. The summed E-state index contributed by atoms with van der Waals surface area (Å²) in [6, 6.07) is 7.95. The van der Waals surface area contributed by atoms with Crippen molar-refractivity contribution in [2.24, 2.45) is 5.92 Å². The van der Waals surface area contributed by atoms with Crippen LogP contribution in [0.15, 0.2) is 59.7 Å². The molecular formula is C34H58O6Si. The van der Waals surface area contributed by atoms with E-state index in [0.717, 1.165) is 29.7 Å². The summed E-state index contributed by atoms with van der Waals surface area (Å²) in [4.78, 5) is 0. The van der Waals surface area contributed by atoms with Crippen LogP contribution in [0.1, 0.15) is 73.8 Å². The predicted molar refractivity (Wildman–Crippen MR) is 173 cm³/mol. The number of rotatable bonds is 21. The van der Waals surface area contributed by atoms with Gasteiger partial charge in [0.05, 0.1) is 39.6 Å². The van der Waals surface area contributed by atoms with Crippen molar-refractivity contribution < 1.29 is 28.5 Å². The van der Waals surface area contributed by atoms with Gasteiger partial charge in [-0.2, -0.15) is 0 Å². The molecule has 0 amide bonds. The maximum Gasteiger partial charge on any atom is 0.200 e. The highest BCUT2D eigenvalue weighted by Crippen LogP contribution is 2.44. The number of methoxy groups -OCH3 is 2. The van der Waals surface area contributed by atoms with Crippen LogP contribution in [0.4, 0.5) is 0 Å². The first kappa shape index (κ1) is 37.3. The zero-order chi connectivity index (χ0) is 30.8. The van der Waals surface area contributed by atoms with Crippen LogP contribution in [0.25, 0.3) is 0 Å². The van der Waals surface area contributed by atoms with E-state index in [1.807, 2.05) is 36.4 Å². The molecule has 0 radical (unpaired) electrons. The monoisotopic (exact) mass is 590 g/mol. The van der Waals surface area contributed by atoms with Gasteiger partial charge in [0.1, 0.15) is 12.5 Å². The largest absolute Gasteiger partial charge is 0.497 e. The van der Waals surface area contributed by atoms with Crippen LogP contribution < -0.4 is 4.74 Å². The maximum absolute atomic E-state index is 9.12. The highest BCUT2D eigenvalue weighted by atomic mass is 28.4. The average molecular weight is 591 g/mol. The molecule has 0 fully saturated rings. The second-order valence-electron chi connectivity index (χ2n) is 11.8. The highest BCUT2D eigenvalue weighted by Gasteiger charge is 2.47. The molecule has 0 aliphatic rings. The van der Waals surface area contributed by atoms with Crippen molar-refractivity contribution in [2.45, 2.75) is 97.6 Å². The van der Waals surface area contributed by atoms with Crippen LogP contribution in [0, 0.1) is 5.92 Å². The third kappa shape index (κ3) is 12.6. The van der Waals surface area contributed by atoms with Gasteiger partial charge in [0.25, 0.3) is 0 Å². The summed E-state index contributed by atoms with van der Waals surface area (Å²) in [5, 5.41) is 9.12. The lowest BCUT2D eigenvalue weighted by atomic mass is 9.96. The molecule has 6 nitrogen and oxygen atoms in total. The van der Waals surface area contributed by atoms with Gasteiger partial charge in [-0.3, -0.25) is 0 Å². The smallest absolute Gasteiger partial charge is 0.200 e. The number of ether oxygens (including phenoxy) is 4. The van der Waals surface area contributed by atoms with E-state index in [-0.39, 0.29) is 25.4 Å². The molecule has 2 atom stereocenters. The number of aliphatic hydroxyl groups excluding tert-OH is 1. The van der Waals surface area contributed by atoms with Crippen molar-refractivity contribution in [2.75, 3.05) is 40.8 Å². The minimum Gasteiger partial charge on any atom is -0.497 e. The van der Waals surface area contributed by atoms with Gasteiger partial charge in [0, 0.05) is 7.11 Å². The van der Waals surface area contributed by atoms with Gasteiger partial charge in [0.2, 0.25) is 8.32 Å². The molecule has 0 saturated carbocycles. The Hall–Kier alpha value is -1.74. The lowest BCUT2D eigenvalue weighted by Gasteiger charge is -2.45. The van der Waals surface area contributed by atoms with Crippen LogP contribution in [0.5, 0.6) is 5.75 Å². The van der Waals surface area contributed by atoms with Crippen molar-refractivity contribution in [3.8, 4) is 5.75 Å². The summed E-state index contributed by atoms with van der Waals surface area (Å²) >= 11 is 0. The van der Waals surface area contributed by atoms with E-state index < -0.39 is 8.32 Å². The predicted octanol–water partition coefficient (Wildman–Crippen LogP) is 8.23. The number of allylic oxidation sites excluding steroid dienone is 3. The Labute approximate surface area is 251 Å². The fourth-order valence-electron chi connectivity index (χ4n) is 5.69. The molecule has 234 valence electrons. The number of benzene rings is 1. The Kier molecular flexibility index (Phi) is 18.4. The fraction of sp³-hybridized carbons (Fsp3) is 0.647. The van der Waals surface area contributed by atoms with Crippen LogP contribution >= 0.6 is 0 Å². The van der Waals surface area contributed by atoms with Crippen LogP contribution in [0.3, 0.4) is 0 Å². The first-order valence-corrected chi connectivity index (χ1v) is 17.2. The minimum atomic E-state index is -2.08. The van der Waals surface area contributed by atoms with Crippen LogP contribution in [0.2, 0.25) is 16.6 Å². The second kappa shape index (κ2) is 20.2. The van der Waals surface area contributed by atoms with Gasteiger partial charge < -0.3 is 28.5 Å². The molecule has 0 aliphatic heterocycles. The SMILES string of the molecule is COCOC/C(COCc1ccc(OC)cc1)=C(/C)CC[C@H](O[Si](C(C)C)(C(C)C)C(C)C)[C@@H](C)/C=C/C=C/CO. The molecule has 7 heteroatoms. The average Bonchev–Trinajstić information content (AvgIpc) is 2.94. The van der Waals surface area contributed by atoms with Crippen molar-refractivity contribution in [3.05, 3.63) is 65.3 Å². The molecule has 1 aromatic rings. The second-order valence-corrected chi connectivity index (χ2v) is 17.3. The minimum absolute atomic E-state index is 0.0428. The van der Waals surface area contributed by atoms with Crippen LogP contribution in [-0.2, 0) is 25.2 Å². The van der Waals surface area contributed by atoms with Crippen LogP contribution in [-0.4, -0.2) is 60.4 Å². The van der Waals surface area contributed by atoms with Gasteiger partial charge in [-0.25, -0.2) is 0 Å². The third-order valence-corrected chi connectivity index (χ3v) is 14.1. The maximum atomic E-state index is 9.12. The summed E-state index contributed by atoms with van der Waals surface area (Å²) < 4.78 is 29.6. The summed E-state index contributed by atoms with van der Waals surface area (Å²) in [7, 11) is 1.22. The molecule has 0 spiro atoms. The van der Waals surface area contributed by atoms with Gasteiger partial charge in [-0.15, -0.1) is 0 Å². The summed E-state index contributed by atoms with van der Waals surface area (Å²) in [6.07, 6.45) is 9.78. The van der Waals surface area contributed by atoms with E-state index in [4.69, 9.17) is 28.5 Å². The molecule has 0 heterocycles. The van der Waals surface area contributed by atoms with Gasteiger partial charge in [-0.05, 0) is 65.6 Å². The van der Waals surface area contributed by atoms with Gasteiger partial charge in [-0.1, -0.05) is 90.5 Å². The first-order chi connectivity index (χ1) is 19.5. The number of aliphatic hydroxyl groups is 1. The topological polar surface area (TPSA) is 66.4 Å². The summed E-state index contributed by atoms with van der Waals surface area (Å²) in [6.45, 7) is 20.2. The zero-order valence-corrected chi connectivity index (χ0v) is 28.4. The van der Waals surface area contributed by atoms with E-state index in [1.54, 1.807) is 20.3 Å².